The molecule has 0 unspecified atom stereocenters. The fraction of sp³-hybridized carbons (Fsp3) is 0.600. The van der Waals surface area contributed by atoms with Crippen molar-refractivity contribution in [3.05, 3.63) is 11.1 Å². The van der Waals surface area contributed by atoms with E-state index in [-0.39, 0.29) is 24.7 Å². The molecular formula is C10H17N3O4S2. The molecule has 1 aromatic heterocycles. The van der Waals surface area contributed by atoms with Crippen LogP contribution >= 0.6 is 11.3 Å². The molecule has 0 atom stereocenters. The summed E-state index contributed by atoms with van der Waals surface area (Å²) >= 11 is 1.32. The van der Waals surface area contributed by atoms with E-state index in [1.54, 1.807) is 12.3 Å². The van der Waals surface area contributed by atoms with Crippen LogP contribution in [0.3, 0.4) is 0 Å². The number of anilines is 1. The van der Waals surface area contributed by atoms with E-state index in [4.69, 9.17) is 4.74 Å². The average molecular weight is 307 g/mol. The van der Waals surface area contributed by atoms with Gasteiger partial charge in [-0.05, 0) is 14.0 Å². The fourth-order valence-corrected chi connectivity index (χ4v) is 2.54. The molecule has 1 rings (SSSR count). The van der Waals surface area contributed by atoms with Crippen LogP contribution in [0, 0.1) is 0 Å². The molecule has 0 aromatic carbocycles. The summed E-state index contributed by atoms with van der Waals surface area (Å²) in [6.45, 7) is 2.35. The smallest absolute Gasteiger partial charge is 0.311 e. The number of rotatable bonds is 8. The summed E-state index contributed by atoms with van der Waals surface area (Å²) < 4.78 is 29.4. The van der Waals surface area contributed by atoms with Crippen LogP contribution in [0.2, 0.25) is 0 Å². The van der Waals surface area contributed by atoms with Crippen LogP contribution in [-0.4, -0.2) is 45.3 Å². The standard InChI is InChI=1S/C10H17N3O4S2/c1-3-17-9(14)6-8-7-18-10(13-8)12-4-5-19(15,16)11-2/h7,11H,3-6H2,1-2H3,(H,12,13). The van der Waals surface area contributed by atoms with Gasteiger partial charge in [-0.25, -0.2) is 18.1 Å². The van der Waals surface area contributed by atoms with Crippen LogP contribution in [0.4, 0.5) is 5.13 Å². The molecule has 0 amide bonds. The van der Waals surface area contributed by atoms with Gasteiger partial charge in [0.25, 0.3) is 0 Å². The van der Waals surface area contributed by atoms with E-state index in [1.165, 1.54) is 18.4 Å². The number of aromatic nitrogens is 1. The number of hydrogen-bond acceptors (Lipinski definition) is 7. The summed E-state index contributed by atoms with van der Waals surface area (Å²) in [6, 6.07) is 0. The number of nitrogens with one attached hydrogen (secondary N) is 2. The van der Waals surface area contributed by atoms with Crippen LogP contribution in [-0.2, 0) is 26.0 Å². The minimum Gasteiger partial charge on any atom is -0.466 e. The first kappa shape index (κ1) is 15.9. The SMILES string of the molecule is CCOC(=O)Cc1csc(NCCS(=O)(=O)NC)n1. The highest BCUT2D eigenvalue weighted by Crippen LogP contribution is 2.15. The zero-order chi connectivity index (χ0) is 14.3. The van der Waals surface area contributed by atoms with E-state index in [1.807, 2.05) is 0 Å². The van der Waals surface area contributed by atoms with Crippen LogP contribution < -0.4 is 10.0 Å². The summed E-state index contributed by atoms with van der Waals surface area (Å²) in [5.41, 5.74) is 0.613. The van der Waals surface area contributed by atoms with E-state index in [2.05, 4.69) is 15.0 Å². The highest BCUT2D eigenvalue weighted by atomic mass is 32.2. The number of ether oxygens (including phenoxy) is 1. The molecule has 7 nitrogen and oxygen atoms in total. The molecule has 0 aliphatic rings. The molecule has 0 fully saturated rings. The summed E-state index contributed by atoms with van der Waals surface area (Å²) in [5.74, 6) is -0.354. The second-order valence-electron chi connectivity index (χ2n) is 3.58. The first-order valence-corrected chi connectivity index (χ1v) is 8.25. The third-order valence-corrected chi connectivity index (χ3v) is 4.35. The zero-order valence-corrected chi connectivity index (χ0v) is 12.4. The lowest BCUT2D eigenvalue weighted by Crippen LogP contribution is -2.26. The van der Waals surface area contributed by atoms with E-state index in [0.29, 0.717) is 17.4 Å². The first-order chi connectivity index (χ1) is 8.96. The maximum atomic E-state index is 11.2. The van der Waals surface area contributed by atoms with Crippen molar-refractivity contribution in [3.8, 4) is 0 Å². The van der Waals surface area contributed by atoms with Gasteiger partial charge in [-0.3, -0.25) is 4.79 Å². The number of thiazole rings is 1. The van der Waals surface area contributed by atoms with Crippen molar-refractivity contribution in [2.24, 2.45) is 0 Å². The molecule has 2 N–H and O–H groups in total. The van der Waals surface area contributed by atoms with Gasteiger partial charge in [0.15, 0.2) is 5.13 Å². The van der Waals surface area contributed by atoms with Gasteiger partial charge in [-0.1, -0.05) is 0 Å². The predicted molar refractivity (Wildman–Crippen MR) is 73.8 cm³/mol. The normalized spacial score (nSPS) is 11.3. The van der Waals surface area contributed by atoms with Crippen LogP contribution in [0.1, 0.15) is 12.6 Å². The number of sulfonamides is 1. The zero-order valence-electron chi connectivity index (χ0n) is 10.8. The van der Waals surface area contributed by atoms with Gasteiger partial charge < -0.3 is 10.1 Å². The molecule has 9 heteroatoms. The van der Waals surface area contributed by atoms with Gasteiger partial charge in [0.1, 0.15) is 0 Å². The van der Waals surface area contributed by atoms with Crippen molar-refractivity contribution >= 4 is 32.5 Å². The summed E-state index contributed by atoms with van der Waals surface area (Å²) in [6.07, 6.45) is 0.126. The molecule has 0 bridgehead atoms. The summed E-state index contributed by atoms with van der Waals surface area (Å²) in [7, 11) is -1.85. The Labute approximate surface area is 116 Å². The Balaban J connectivity index is 2.41. The van der Waals surface area contributed by atoms with Crippen LogP contribution in [0.15, 0.2) is 5.38 Å². The van der Waals surface area contributed by atoms with Gasteiger partial charge in [-0.2, -0.15) is 0 Å². The Morgan fingerprint density at radius 2 is 2.26 bits per heavy atom. The van der Waals surface area contributed by atoms with Crippen LogP contribution in [0.5, 0.6) is 0 Å². The minimum absolute atomic E-state index is 0.0315. The van der Waals surface area contributed by atoms with Gasteiger partial charge in [-0.15, -0.1) is 11.3 Å². The van der Waals surface area contributed by atoms with Crippen molar-refractivity contribution in [2.45, 2.75) is 13.3 Å². The van der Waals surface area contributed by atoms with E-state index in [9.17, 15) is 13.2 Å². The first-order valence-electron chi connectivity index (χ1n) is 5.72. The highest BCUT2D eigenvalue weighted by molar-refractivity contribution is 7.89. The molecule has 0 saturated carbocycles. The molecular weight excluding hydrogens is 290 g/mol. The monoisotopic (exact) mass is 307 g/mol. The van der Waals surface area contributed by atoms with E-state index >= 15 is 0 Å². The van der Waals surface area contributed by atoms with Gasteiger partial charge in [0.05, 0.1) is 24.5 Å². The topological polar surface area (TPSA) is 97.4 Å². The molecule has 0 saturated heterocycles. The predicted octanol–water partition coefficient (Wildman–Crippen LogP) is 0.210. The lowest BCUT2D eigenvalue weighted by molar-refractivity contribution is -0.142. The number of carbonyl (C=O) groups is 1. The second kappa shape index (κ2) is 7.41. The molecule has 0 aliphatic carbocycles. The average Bonchev–Trinajstić information content (AvgIpc) is 2.77. The minimum atomic E-state index is -3.22. The Bertz CT molecular complexity index is 513. The van der Waals surface area contributed by atoms with E-state index in [0.717, 1.165) is 0 Å². The van der Waals surface area contributed by atoms with Gasteiger partial charge >= 0.3 is 5.97 Å². The largest absolute Gasteiger partial charge is 0.466 e. The van der Waals surface area contributed by atoms with Crippen molar-refractivity contribution in [1.29, 1.82) is 0 Å². The quantitative estimate of drug-likeness (QED) is 0.666. The maximum absolute atomic E-state index is 11.2. The molecule has 1 aromatic rings. The third-order valence-electron chi connectivity index (χ3n) is 2.14. The lowest BCUT2D eigenvalue weighted by Gasteiger charge is -2.03. The lowest BCUT2D eigenvalue weighted by atomic mass is 10.3. The van der Waals surface area contributed by atoms with Crippen molar-refractivity contribution in [3.63, 3.8) is 0 Å². The molecule has 108 valence electrons. The molecule has 0 spiro atoms. The number of hydrogen-bond donors (Lipinski definition) is 2. The fourth-order valence-electron chi connectivity index (χ4n) is 1.22. The molecule has 1 heterocycles. The van der Waals surface area contributed by atoms with Crippen molar-refractivity contribution < 1.29 is 17.9 Å². The van der Waals surface area contributed by atoms with Crippen molar-refractivity contribution in [2.75, 3.05) is 31.3 Å². The highest BCUT2D eigenvalue weighted by Gasteiger charge is 2.09. The second-order valence-corrected chi connectivity index (χ2v) is 6.48. The molecule has 0 radical (unpaired) electrons. The number of esters is 1. The number of carbonyl (C=O) groups excluding carboxylic acids is 1. The third kappa shape index (κ3) is 5.99. The number of nitrogens with zero attached hydrogens (tertiary/aromatic N) is 1. The van der Waals surface area contributed by atoms with Gasteiger partial charge in [0.2, 0.25) is 10.0 Å². The Kier molecular flexibility index (Phi) is 6.19. The van der Waals surface area contributed by atoms with Crippen LogP contribution in [0.25, 0.3) is 0 Å². The summed E-state index contributed by atoms with van der Waals surface area (Å²) in [5, 5.41) is 5.23. The summed E-state index contributed by atoms with van der Waals surface area (Å²) in [4.78, 5) is 15.4. The Hall–Kier alpha value is -1.19. The van der Waals surface area contributed by atoms with Gasteiger partial charge in [0, 0.05) is 11.9 Å². The molecule has 0 aliphatic heterocycles. The maximum Gasteiger partial charge on any atom is 0.311 e. The van der Waals surface area contributed by atoms with Crippen molar-refractivity contribution in [1.82, 2.24) is 9.71 Å². The molecule has 19 heavy (non-hydrogen) atoms. The van der Waals surface area contributed by atoms with E-state index < -0.39 is 10.0 Å². The Morgan fingerprint density at radius 3 is 2.89 bits per heavy atom. The Morgan fingerprint density at radius 1 is 1.53 bits per heavy atom.